The number of aliphatic hydroxyl groups excluding tert-OH is 1. The fourth-order valence-electron chi connectivity index (χ4n) is 2.15. The topological polar surface area (TPSA) is 55.2 Å². The van der Waals surface area contributed by atoms with E-state index in [4.69, 9.17) is 4.74 Å². The lowest BCUT2D eigenvalue weighted by molar-refractivity contribution is 0.156. The van der Waals surface area contributed by atoms with Crippen LogP contribution in [0.15, 0.2) is 37.1 Å². The summed E-state index contributed by atoms with van der Waals surface area (Å²) in [5, 5.41) is 9.91. The number of aromatic nitrogens is 2. The molecule has 0 aliphatic rings. The summed E-state index contributed by atoms with van der Waals surface area (Å²) >= 11 is 0. The van der Waals surface area contributed by atoms with Crippen molar-refractivity contribution in [2.24, 2.45) is 0 Å². The van der Waals surface area contributed by atoms with Gasteiger partial charge in [0.15, 0.2) is 0 Å². The number of ether oxygens (including phenoxy) is 1. The zero-order chi connectivity index (χ0) is 14.4. The van der Waals surface area contributed by atoms with Crippen LogP contribution in [-0.2, 0) is 6.42 Å². The van der Waals surface area contributed by atoms with Crippen LogP contribution in [0.5, 0.6) is 5.88 Å². The third-order valence-corrected chi connectivity index (χ3v) is 3.30. The summed E-state index contributed by atoms with van der Waals surface area (Å²) in [5.41, 5.74) is 2.79. The van der Waals surface area contributed by atoms with Gasteiger partial charge in [0.2, 0.25) is 5.88 Å². The van der Waals surface area contributed by atoms with E-state index in [2.05, 4.69) is 16.5 Å². The molecule has 2 aromatic heterocycles. The van der Waals surface area contributed by atoms with Gasteiger partial charge in [0.05, 0.1) is 24.2 Å². The van der Waals surface area contributed by atoms with Crippen LogP contribution in [0.1, 0.15) is 24.8 Å². The molecule has 0 aromatic carbocycles. The van der Waals surface area contributed by atoms with Gasteiger partial charge in [0.1, 0.15) is 0 Å². The SMILES string of the molecule is C=CCCC(O)CCc1ccnc2ccc(OC)nc12. The maximum absolute atomic E-state index is 9.91. The van der Waals surface area contributed by atoms with Crippen LogP contribution in [0.2, 0.25) is 0 Å². The van der Waals surface area contributed by atoms with Gasteiger partial charge < -0.3 is 9.84 Å². The summed E-state index contributed by atoms with van der Waals surface area (Å²) in [6.45, 7) is 3.67. The Bertz CT molecular complexity index is 584. The van der Waals surface area contributed by atoms with Crippen LogP contribution in [0.4, 0.5) is 0 Å². The predicted molar refractivity (Wildman–Crippen MR) is 79.8 cm³/mol. The smallest absolute Gasteiger partial charge is 0.213 e. The van der Waals surface area contributed by atoms with Gasteiger partial charge in [-0.05, 0) is 43.4 Å². The Morgan fingerprint density at radius 3 is 2.95 bits per heavy atom. The van der Waals surface area contributed by atoms with Gasteiger partial charge in [-0.25, -0.2) is 4.98 Å². The monoisotopic (exact) mass is 272 g/mol. The third-order valence-electron chi connectivity index (χ3n) is 3.30. The first kappa shape index (κ1) is 14.5. The average Bonchev–Trinajstić information content (AvgIpc) is 2.50. The van der Waals surface area contributed by atoms with Crippen molar-refractivity contribution in [2.75, 3.05) is 7.11 Å². The molecule has 20 heavy (non-hydrogen) atoms. The second-order valence-corrected chi connectivity index (χ2v) is 4.75. The Kier molecular flexibility index (Phi) is 5.07. The first-order valence-electron chi connectivity index (χ1n) is 6.82. The van der Waals surface area contributed by atoms with E-state index in [0.717, 1.165) is 35.9 Å². The van der Waals surface area contributed by atoms with Gasteiger partial charge in [0, 0.05) is 12.3 Å². The van der Waals surface area contributed by atoms with Crippen molar-refractivity contribution in [3.05, 3.63) is 42.6 Å². The van der Waals surface area contributed by atoms with Gasteiger partial charge >= 0.3 is 0 Å². The molecule has 106 valence electrons. The molecular formula is C16H20N2O2. The second-order valence-electron chi connectivity index (χ2n) is 4.75. The van der Waals surface area contributed by atoms with Crippen LogP contribution in [-0.4, -0.2) is 28.3 Å². The van der Waals surface area contributed by atoms with E-state index in [0.29, 0.717) is 12.3 Å². The molecule has 0 radical (unpaired) electrons. The fourth-order valence-corrected chi connectivity index (χ4v) is 2.15. The van der Waals surface area contributed by atoms with Crippen LogP contribution < -0.4 is 4.74 Å². The minimum Gasteiger partial charge on any atom is -0.481 e. The van der Waals surface area contributed by atoms with Gasteiger partial charge in [-0.1, -0.05) is 6.08 Å². The van der Waals surface area contributed by atoms with Crippen molar-refractivity contribution < 1.29 is 9.84 Å². The largest absolute Gasteiger partial charge is 0.481 e. The molecule has 0 aliphatic heterocycles. The highest BCUT2D eigenvalue weighted by Crippen LogP contribution is 2.20. The standard InChI is InChI=1S/C16H20N2O2/c1-3-4-5-13(19)7-6-12-10-11-17-14-8-9-15(20-2)18-16(12)14/h3,8-11,13,19H,1,4-7H2,2H3. The molecule has 2 rings (SSSR count). The molecule has 0 saturated carbocycles. The highest BCUT2D eigenvalue weighted by Gasteiger charge is 2.08. The number of pyridine rings is 2. The molecule has 4 nitrogen and oxygen atoms in total. The van der Waals surface area contributed by atoms with Gasteiger partial charge in [0.25, 0.3) is 0 Å². The number of nitrogens with zero attached hydrogens (tertiary/aromatic N) is 2. The molecule has 0 saturated heterocycles. The van der Waals surface area contributed by atoms with Crippen molar-refractivity contribution in [1.29, 1.82) is 0 Å². The maximum Gasteiger partial charge on any atom is 0.213 e. The lowest BCUT2D eigenvalue weighted by Crippen LogP contribution is -2.07. The molecule has 2 heterocycles. The highest BCUT2D eigenvalue weighted by molar-refractivity contribution is 5.78. The van der Waals surface area contributed by atoms with Crippen molar-refractivity contribution in [3.8, 4) is 5.88 Å². The first-order valence-corrected chi connectivity index (χ1v) is 6.82. The predicted octanol–water partition coefficient (Wildman–Crippen LogP) is 2.90. The van der Waals surface area contributed by atoms with Crippen molar-refractivity contribution in [2.45, 2.75) is 31.8 Å². The van der Waals surface area contributed by atoms with E-state index in [1.54, 1.807) is 19.4 Å². The molecule has 0 amide bonds. The number of methoxy groups -OCH3 is 1. The van der Waals surface area contributed by atoms with E-state index in [1.165, 1.54) is 0 Å². The summed E-state index contributed by atoms with van der Waals surface area (Å²) in [6, 6.07) is 5.66. The Balaban J connectivity index is 2.14. The lowest BCUT2D eigenvalue weighted by Gasteiger charge is -2.10. The normalized spacial score (nSPS) is 12.3. The van der Waals surface area contributed by atoms with Crippen LogP contribution in [0.3, 0.4) is 0 Å². The molecular weight excluding hydrogens is 252 g/mol. The summed E-state index contributed by atoms with van der Waals surface area (Å²) in [5.74, 6) is 0.582. The highest BCUT2D eigenvalue weighted by atomic mass is 16.5. The second kappa shape index (κ2) is 7.01. The van der Waals surface area contributed by atoms with E-state index in [1.807, 2.05) is 18.2 Å². The molecule has 1 N–H and O–H groups in total. The van der Waals surface area contributed by atoms with Gasteiger partial charge in [-0.15, -0.1) is 6.58 Å². The van der Waals surface area contributed by atoms with E-state index in [9.17, 15) is 5.11 Å². The molecule has 0 aliphatic carbocycles. The average molecular weight is 272 g/mol. The fraction of sp³-hybridized carbons (Fsp3) is 0.375. The lowest BCUT2D eigenvalue weighted by atomic mass is 10.0. The van der Waals surface area contributed by atoms with E-state index >= 15 is 0 Å². The number of rotatable bonds is 7. The Morgan fingerprint density at radius 2 is 2.20 bits per heavy atom. The molecule has 2 aromatic rings. The van der Waals surface area contributed by atoms with Crippen LogP contribution in [0.25, 0.3) is 11.0 Å². The maximum atomic E-state index is 9.91. The Morgan fingerprint density at radius 1 is 1.35 bits per heavy atom. The van der Waals surface area contributed by atoms with Crippen LogP contribution in [0, 0.1) is 0 Å². The van der Waals surface area contributed by atoms with Crippen molar-refractivity contribution in [3.63, 3.8) is 0 Å². The number of hydrogen-bond donors (Lipinski definition) is 1. The minimum atomic E-state index is -0.304. The molecule has 0 spiro atoms. The summed E-state index contributed by atoms with van der Waals surface area (Å²) in [7, 11) is 1.60. The Hall–Kier alpha value is -1.94. The quantitative estimate of drug-likeness (QED) is 0.787. The molecule has 0 fully saturated rings. The number of aliphatic hydroxyl groups is 1. The summed E-state index contributed by atoms with van der Waals surface area (Å²) in [6.07, 6.45) is 6.39. The third kappa shape index (κ3) is 3.54. The minimum absolute atomic E-state index is 0.304. The number of fused-ring (bicyclic) bond motifs is 1. The molecule has 1 unspecified atom stereocenters. The zero-order valence-electron chi connectivity index (χ0n) is 11.7. The molecule has 4 heteroatoms. The van der Waals surface area contributed by atoms with E-state index < -0.39 is 0 Å². The zero-order valence-corrected chi connectivity index (χ0v) is 11.7. The van der Waals surface area contributed by atoms with Crippen molar-refractivity contribution in [1.82, 2.24) is 9.97 Å². The number of aryl methyl sites for hydroxylation is 1. The van der Waals surface area contributed by atoms with Gasteiger partial charge in [-0.3, -0.25) is 4.98 Å². The number of allylic oxidation sites excluding steroid dienone is 1. The van der Waals surface area contributed by atoms with Gasteiger partial charge in [-0.2, -0.15) is 0 Å². The Labute approximate surface area is 119 Å². The first-order chi connectivity index (χ1) is 9.74. The number of hydrogen-bond acceptors (Lipinski definition) is 4. The summed E-state index contributed by atoms with van der Waals surface area (Å²) in [4.78, 5) is 8.75. The molecule has 0 bridgehead atoms. The molecule has 1 atom stereocenters. The van der Waals surface area contributed by atoms with Crippen LogP contribution >= 0.6 is 0 Å². The van der Waals surface area contributed by atoms with E-state index in [-0.39, 0.29) is 6.10 Å². The summed E-state index contributed by atoms with van der Waals surface area (Å²) < 4.78 is 5.16. The van der Waals surface area contributed by atoms with Crippen molar-refractivity contribution >= 4 is 11.0 Å².